The molecule has 5 rings (SSSR count). The molecule has 4 heterocycles. The molecule has 3 aliphatic rings. The predicted molar refractivity (Wildman–Crippen MR) is 147 cm³/mol. The maximum Gasteiger partial charge on any atom is 0.311 e. The second-order valence-corrected chi connectivity index (χ2v) is 12.1. The number of fused-ring (bicyclic) bond motifs is 2. The first-order valence-corrected chi connectivity index (χ1v) is 14.3. The summed E-state index contributed by atoms with van der Waals surface area (Å²) in [5.74, 6) is -2.30. The van der Waals surface area contributed by atoms with Crippen LogP contribution < -0.4 is 0 Å². The maximum atomic E-state index is 14.6. The summed E-state index contributed by atoms with van der Waals surface area (Å²) in [7, 11) is 0. The highest BCUT2D eigenvalue weighted by Crippen LogP contribution is 2.69. The Morgan fingerprint density at radius 3 is 2.79 bits per heavy atom. The van der Waals surface area contributed by atoms with Gasteiger partial charge < -0.3 is 19.6 Å². The number of likely N-dealkylation sites (tertiary alicyclic amines) is 1. The van der Waals surface area contributed by atoms with Gasteiger partial charge in [0.2, 0.25) is 11.8 Å². The number of para-hydroxylation sites is 1. The predicted octanol–water partition coefficient (Wildman–Crippen LogP) is 2.24. The van der Waals surface area contributed by atoms with Crippen molar-refractivity contribution in [2.45, 2.75) is 55.4 Å². The molecular weight excluding hydrogens is 518 g/mol. The minimum absolute atomic E-state index is 0.00201. The molecule has 1 aromatic carbocycles. The van der Waals surface area contributed by atoms with Gasteiger partial charge in [0.15, 0.2) is 0 Å². The van der Waals surface area contributed by atoms with Crippen molar-refractivity contribution in [2.75, 3.05) is 19.8 Å². The summed E-state index contributed by atoms with van der Waals surface area (Å²) in [5.41, 5.74) is 1.50. The Bertz CT molecular complexity index is 1290. The monoisotopic (exact) mass is 553 g/mol. The van der Waals surface area contributed by atoms with E-state index in [2.05, 4.69) is 30.4 Å². The third-order valence-electron chi connectivity index (χ3n) is 8.49. The number of aromatic nitrogens is 3. The van der Waals surface area contributed by atoms with Gasteiger partial charge in [0.05, 0.1) is 34.7 Å². The Morgan fingerprint density at radius 2 is 2.10 bits per heavy atom. The van der Waals surface area contributed by atoms with E-state index in [-0.39, 0.29) is 49.4 Å². The van der Waals surface area contributed by atoms with Crippen LogP contribution in [-0.2, 0) is 25.8 Å². The first kappa shape index (κ1) is 27.4. The summed E-state index contributed by atoms with van der Waals surface area (Å²) in [6.07, 6.45) is 4.32. The molecule has 3 saturated heterocycles. The number of ether oxygens (including phenoxy) is 1. The van der Waals surface area contributed by atoms with E-state index in [4.69, 9.17) is 4.74 Å². The lowest BCUT2D eigenvalue weighted by Crippen LogP contribution is -2.59. The molecule has 1 aromatic heterocycles. The summed E-state index contributed by atoms with van der Waals surface area (Å²) in [6.45, 7) is 11.6. The maximum absolute atomic E-state index is 14.6. The van der Waals surface area contributed by atoms with Crippen molar-refractivity contribution in [2.24, 2.45) is 17.8 Å². The number of aliphatic hydroxyl groups is 1. The Balaban J connectivity index is 1.57. The van der Waals surface area contributed by atoms with Crippen molar-refractivity contribution >= 4 is 40.6 Å². The van der Waals surface area contributed by atoms with Gasteiger partial charge in [-0.3, -0.25) is 14.4 Å². The zero-order valence-electron chi connectivity index (χ0n) is 22.3. The van der Waals surface area contributed by atoms with Gasteiger partial charge in [0.1, 0.15) is 24.8 Å². The smallest absolute Gasteiger partial charge is 0.311 e. The van der Waals surface area contributed by atoms with Crippen LogP contribution in [0.4, 0.5) is 0 Å². The molecule has 0 radical (unpaired) electrons. The normalized spacial score (nSPS) is 29.9. The average Bonchev–Trinajstić information content (AvgIpc) is 3.65. The molecule has 208 valence electrons. The van der Waals surface area contributed by atoms with Crippen LogP contribution in [0.1, 0.15) is 26.7 Å². The van der Waals surface area contributed by atoms with Crippen molar-refractivity contribution in [3.63, 3.8) is 0 Å². The van der Waals surface area contributed by atoms with E-state index in [1.165, 1.54) is 6.08 Å². The number of hydrogen-bond donors (Lipinski definition) is 1. The molecule has 10 nitrogen and oxygen atoms in total. The Kier molecular flexibility index (Phi) is 7.56. The summed E-state index contributed by atoms with van der Waals surface area (Å²) in [4.78, 5) is 45.2. The Hall–Kier alpha value is -3.18. The highest BCUT2D eigenvalue weighted by molar-refractivity contribution is 8.02. The van der Waals surface area contributed by atoms with Gasteiger partial charge in [-0.25, -0.2) is 4.68 Å². The number of aliphatic hydroxyl groups excluding tert-OH is 1. The summed E-state index contributed by atoms with van der Waals surface area (Å²) >= 11 is 1.58. The fourth-order valence-electron chi connectivity index (χ4n) is 6.78. The minimum Gasteiger partial charge on any atom is -0.461 e. The molecule has 3 fully saturated rings. The summed E-state index contributed by atoms with van der Waals surface area (Å²) in [5, 5.41) is 18.6. The van der Waals surface area contributed by atoms with Gasteiger partial charge in [-0.2, -0.15) is 0 Å². The third-order valence-corrected chi connectivity index (χ3v) is 10.6. The van der Waals surface area contributed by atoms with E-state index in [0.717, 1.165) is 5.52 Å². The highest BCUT2D eigenvalue weighted by Gasteiger charge is 2.77. The van der Waals surface area contributed by atoms with Crippen LogP contribution in [0.15, 0.2) is 49.6 Å². The first-order valence-electron chi connectivity index (χ1n) is 13.4. The van der Waals surface area contributed by atoms with Gasteiger partial charge in [0, 0.05) is 11.8 Å². The molecule has 7 atom stereocenters. The zero-order valence-corrected chi connectivity index (χ0v) is 23.1. The molecule has 3 aliphatic heterocycles. The van der Waals surface area contributed by atoms with Crippen molar-refractivity contribution in [1.82, 2.24) is 24.8 Å². The largest absolute Gasteiger partial charge is 0.461 e. The number of nitrogens with zero attached hydrogens (tertiary/aromatic N) is 5. The van der Waals surface area contributed by atoms with E-state index >= 15 is 0 Å². The molecule has 2 aromatic rings. The molecule has 3 unspecified atom stereocenters. The van der Waals surface area contributed by atoms with E-state index in [1.54, 1.807) is 32.3 Å². The molecule has 2 amide bonds. The van der Waals surface area contributed by atoms with E-state index < -0.39 is 34.6 Å². The topological polar surface area (TPSA) is 118 Å². The summed E-state index contributed by atoms with van der Waals surface area (Å²) < 4.78 is 6.28. The average molecular weight is 554 g/mol. The fourth-order valence-corrected chi connectivity index (χ4v) is 9.17. The van der Waals surface area contributed by atoms with Crippen LogP contribution in [0.25, 0.3) is 11.0 Å². The lowest BCUT2D eigenvalue weighted by atomic mass is 9.66. The van der Waals surface area contributed by atoms with Gasteiger partial charge in [0.25, 0.3) is 0 Å². The van der Waals surface area contributed by atoms with Gasteiger partial charge in [-0.1, -0.05) is 49.9 Å². The number of benzene rings is 1. The van der Waals surface area contributed by atoms with Gasteiger partial charge in [-0.05, 0) is 30.9 Å². The van der Waals surface area contributed by atoms with Crippen LogP contribution >= 0.6 is 11.8 Å². The van der Waals surface area contributed by atoms with Gasteiger partial charge in [-0.15, -0.1) is 23.4 Å². The quantitative estimate of drug-likeness (QED) is 0.333. The van der Waals surface area contributed by atoms with Crippen molar-refractivity contribution in [3.05, 3.63) is 49.6 Å². The molecule has 0 saturated carbocycles. The van der Waals surface area contributed by atoms with Crippen LogP contribution in [0, 0.1) is 17.8 Å². The van der Waals surface area contributed by atoms with E-state index in [9.17, 15) is 19.5 Å². The number of thioether (sulfide) groups is 1. The SMILES string of the molecule is C=CCOC(=O)[C@@H]1[C@H]2C(=O)N([C@@H](CC)CO)C(C(=O)N(CC=C)Cn3nnc4ccccc43)C23S[C@@H]1CC3C. The highest BCUT2D eigenvalue weighted by atomic mass is 32.2. The zero-order chi connectivity index (χ0) is 27.9. The molecule has 1 N–H and O–H groups in total. The van der Waals surface area contributed by atoms with E-state index in [1.807, 2.05) is 31.2 Å². The van der Waals surface area contributed by atoms with Crippen molar-refractivity contribution in [1.29, 1.82) is 0 Å². The Labute approximate surface area is 232 Å². The molecule has 39 heavy (non-hydrogen) atoms. The lowest BCUT2D eigenvalue weighted by Gasteiger charge is -2.41. The minimum atomic E-state index is -0.857. The fraction of sp³-hybridized carbons (Fsp3) is 0.536. The number of esters is 1. The standard InChI is InChI=1S/C28H35N5O5S/c1-5-12-31(16-32-20-11-9-8-10-19(20)29-30-32)26(36)24-28-17(4)14-21(39-28)22(27(37)38-13-6-2)23(28)25(35)33(24)18(7-3)15-34/h5-6,8-11,17-18,21-24,34H,1-2,7,12-16H2,3-4H3/t17?,18-,21+,22-,23-,24?,28?/m0/s1. The number of carbonyl (C=O) groups is 3. The lowest BCUT2D eigenvalue weighted by molar-refractivity contribution is -0.154. The van der Waals surface area contributed by atoms with E-state index in [0.29, 0.717) is 18.4 Å². The molecular formula is C28H35N5O5S. The molecule has 1 spiro atoms. The van der Waals surface area contributed by atoms with Gasteiger partial charge >= 0.3 is 5.97 Å². The molecule has 0 aliphatic carbocycles. The first-order chi connectivity index (χ1) is 18.8. The second kappa shape index (κ2) is 10.8. The van der Waals surface area contributed by atoms with Crippen LogP contribution in [0.2, 0.25) is 0 Å². The van der Waals surface area contributed by atoms with Crippen molar-refractivity contribution in [3.8, 4) is 0 Å². The summed E-state index contributed by atoms with van der Waals surface area (Å²) in [6, 6.07) is 6.09. The Morgan fingerprint density at radius 1 is 1.33 bits per heavy atom. The molecule has 11 heteroatoms. The van der Waals surface area contributed by atoms with Crippen LogP contribution in [0.3, 0.4) is 0 Å². The van der Waals surface area contributed by atoms with Crippen LogP contribution in [-0.4, -0.2) is 89.5 Å². The number of amides is 2. The second-order valence-electron chi connectivity index (χ2n) is 10.5. The number of hydrogen-bond acceptors (Lipinski definition) is 8. The number of carbonyl (C=O) groups excluding carboxylic acids is 3. The van der Waals surface area contributed by atoms with Crippen molar-refractivity contribution < 1.29 is 24.2 Å². The molecule has 2 bridgehead atoms. The third kappa shape index (κ3) is 4.17. The number of rotatable bonds is 11. The van der Waals surface area contributed by atoms with Crippen LogP contribution in [0.5, 0.6) is 0 Å².